The third-order valence-corrected chi connectivity index (χ3v) is 6.01. The van der Waals surface area contributed by atoms with Crippen LogP contribution in [0.25, 0.3) is 10.9 Å². The van der Waals surface area contributed by atoms with Crippen molar-refractivity contribution in [3.05, 3.63) is 57.9 Å². The van der Waals surface area contributed by atoms with Crippen LogP contribution in [-0.2, 0) is 16.0 Å². The van der Waals surface area contributed by atoms with Gasteiger partial charge in [-0.3, -0.25) is 9.59 Å². The Balaban J connectivity index is 1.77. The van der Waals surface area contributed by atoms with Crippen LogP contribution in [0.15, 0.2) is 41.1 Å². The lowest BCUT2D eigenvalue weighted by molar-refractivity contribution is -0.157. The van der Waals surface area contributed by atoms with Crippen LogP contribution >= 0.6 is 11.3 Å². The smallest absolute Gasteiger partial charge is 0.245 e. The predicted molar refractivity (Wildman–Crippen MR) is 96.4 cm³/mol. The first-order valence-corrected chi connectivity index (χ1v) is 9.27. The Kier molecular flexibility index (Phi) is 3.06. The minimum atomic E-state index is -0.428. The number of para-hydroxylation sites is 1. The Labute approximate surface area is 148 Å². The van der Waals surface area contributed by atoms with Gasteiger partial charge in [0.25, 0.3) is 0 Å². The summed E-state index contributed by atoms with van der Waals surface area (Å²) in [6, 6.07) is 9.55. The molecule has 0 unspecified atom stereocenters. The van der Waals surface area contributed by atoms with Gasteiger partial charge in [0.1, 0.15) is 6.04 Å². The zero-order valence-electron chi connectivity index (χ0n) is 13.7. The summed E-state index contributed by atoms with van der Waals surface area (Å²) >= 11 is 1.61. The topological polar surface area (TPSA) is 56.4 Å². The van der Waals surface area contributed by atoms with Crippen LogP contribution in [0.5, 0.6) is 0 Å². The van der Waals surface area contributed by atoms with Crippen LogP contribution in [0.3, 0.4) is 0 Å². The molecule has 1 N–H and O–H groups in total. The molecule has 2 amide bonds. The lowest BCUT2D eigenvalue weighted by Crippen LogP contribution is -2.62. The molecule has 25 heavy (non-hydrogen) atoms. The van der Waals surface area contributed by atoms with Gasteiger partial charge in [0, 0.05) is 30.1 Å². The van der Waals surface area contributed by atoms with Gasteiger partial charge in [-0.05, 0) is 34.0 Å². The summed E-state index contributed by atoms with van der Waals surface area (Å²) in [5.41, 5.74) is 4.32. The number of benzene rings is 1. The average Bonchev–Trinajstić information content (AvgIpc) is 3.25. The number of hydrogen-bond donors (Lipinski definition) is 1. The molecular weight excluding hydrogens is 334 g/mol. The molecular formula is C19H17N3O2S. The lowest BCUT2D eigenvalue weighted by atomic mass is 9.87. The van der Waals surface area contributed by atoms with Crippen LogP contribution in [0.2, 0.25) is 0 Å². The number of H-pyrrole nitrogens is 1. The van der Waals surface area contributed by atoms with Crippen LogP contribution < -0.4 is 0 Å². The Hall–Kier alpha value is -2.60. The Bertz CT molecular complexity index is 991. The summed E-state index contributed by atoms with van der Waals surface area (Å²) in [6.07, 6.45) is 0.564. The molecule has 6 heteroatoms. The molecule has 126 valence electrons. The minimum absolute atomic E-state index is 0.00704. The number of nitrogens with one attached hydrogen (secondary N) is 1. The highest BCUT2D eigenvalue weighted by molar-refractivity contribution is 7.08. The van der Waals surface area contributed by atoms with E-state index in [0.717, 1.165) is 27.7 Å². The van der Waals surface area contributed by atoms with E-state index in [2.05, 4.69) is 16.4 Å². The van der Waals surface area contributed by atoms with Gasteiger partial charge in [-0.15, -0.1) is 0 Å². The van der Waals surface area contributed by atoms with Crippen molar-refractivity contribution in [2.24, 2.45) is 0 Å². The second-order valence-corrected chi connectivity index (χ2v) is 7.52. The van der Waals surface area contributed by atoms with Gasteiger partial charge in [0.15, 0.2) is 0 Å². The van der Waals surface area contributed by atoms with Gasteiger partial charge in [-0.2, -0.15) is 11.3 Å². The molecule has 2 atom stereocenters. The number of nitrogens with zero attached hydrogens (tertiary/aromatic N) is 2. The Morgan fingerprint density at radius 2 is 2.04 bits per heavy atom. The maximum atomic E-state index is 12.8. The number of piperazine rings is 1. The number of fused-ring (bicyclic) bond motifs is 4. The highest BCUT2D eigenvalue weighted by atomic mass is 32.1. The van der Waals surface area contributed by atoms with Crippen molar-refractivity contribution in [2.75, 3.05) is 13.6 Å². The number of thiophene rings is 1. The van der Waals surface area contributed by atoms with E-state index in [1.807, 2.05) is 29.6 Å². The summed E-state index contributed by atoms with van der Waals surface area (Å²) in [5.74, 6) is 0.0309. The molecule has 0 bridgehead atoms. The van der Waals surface area contributed by atoms with E-state index in [4.69, 9.17) is 0 Å². The zero-order chi connectivity index (χ0) is 17.1. The van der Waals surface area contributed by atoms with E-state index in [-0.39, 0.29) is 24.4 Å². The van der Waals surface area contributed by atoms with E-state index in [9.17, 15) is 9.59 Å². The minimum Gasteiger partial charge on any atom is -0.356 e. The second-order valence-electron chi connectivity index (χ2n) is 6.74. The molecule has 0 radical (unpaired) electrons. The fourth-order valence-corrected chi connectivity index (χ4v) is 4.86. The summed E-state index contributed by atoms with van der Waals surface area (Å²) in [6.45, 7) is 0.144. The third-order valence-electron chi connectivity index (χ3n) is 5.31. The fourth-order valence-electron chi connectivity index (χ4n) is 4.18. The maximum Gasteiger partial charge on any atom is 0.245 e. The summed E-state index contributed by atoms with van der Waals surface area (Å²) in [5, 5.41) is 5.23. The first-order chi connectivity index (χ1) is 12.1. The highest BCUT2D eigenvalue weighted by Gasteiger charge is 2.47. The molecule has 5 rings (SSSR count). The van der Waals surface area contributed by atoms with E-state index >= 15 is 0 Å². The Morgan fingerprint density at radius 3 is 2.84 bits per heavy atom. The number of carbonyl (C=O) groups is 2. The first-order valence-electron chi connectivity index (χ1n) is 8.33. The zero-order valence-corrected chi connectivity index (χ0v) is 14.5. The fraction of sp³-hybridized carbons (Fsp3) is 0.263. The van der Waals surface area contributed by atoms with Crippen molar-refractivity contribution in [3.8, 4) is 0 Å². The number of carbonyl (C=O) groups excluding carboxylic acids is 2. The average molecular weight is 351 g/mol. The van der Waals surface area contributed by atoms with E-state index in [1.54, 1.807) is 28.2 Å². The largest absolute Gasteiger partial charge is 0.356 e. The lowest BCUT2D eigenvalue weighted by Gasteiger charge is -2.46. The van der Waals surface area contributed by atoms with Crippen LogP contribution in [0.1, 0.15) is 22.9 Å². The number of hydrogen-bond acceptors (Lipinski definition) is 3. The summed E-state index contributed by atoms with van der Waals surface area (Å²) in [4.78, 5) is 32.5. The van der Waals surface area contributed by atoms with Crippen molar-refractivity contribution in [3.63, 3.8) is 0 Å². The molecule has 0 spiro atoms. The number of aromatic nitrogens is 1. The summed E-state index contributed by atoms with van der Waals surface area (Å²) in [7, 11) is 1.71. The van der Waals surface area contributed by atoms with Crippen molar-refractivity contribution in [1.29, 1.82) is 0 Å². The van der Waals surface area contributed by atoms with Crippen molar-refractivity contribution >= 4 is 34.1 Å². The second kappa shape index (κ2) is 5.20. The molecule has 2 aliphatic heterocycles. The van der Waals surface area contributed by atoms with Crippen molar-refractivity contribution < 1.29 is 9.59 Å². The molecule has 0 aliphatic carbocycles. The van der Waals surface area contributed by atoms with Gasteiger partial charge >= 0.3 is 0 Å². The molecule has 4 heterocycles. The predicted octanol–water partition coefficient (Wildman–Crippen LogP) is 2.54. The number of likely N-dealkylation sites (N-methyl/N-ethyl adjacent to an activating group) is 1. The van der Waals surface area contributed by atoms with Crippen LogP contribution in [0.4, 0.5) is 0 Å². The first kappa shape index (κ1) is 14.7. The van der Waals surface area contributed by atoms with Crippen LogP contribution in [-0.4, -0.2) is 46.2 Å². The monoisotopic (exact) mass is 351 g/mol. The van der Waals surface area contributed by atoms with E-state index < -0.39 is 6.04 Å². The van der Waals surface area contributed by atoms with Gasteiger partial charge in [0.2, 0.25) is 11.8 Å². The summed E-state index contributed by atoms with van der Waals surface area (Å²) < 4.78 is 0. The quantitative estimate of drug-likeness (QED) is 0.732. The van der Waals surface area contributed by atoms with E-state index in [0.29, 0.717) is 6.42 Å². The van der Waals surface area contributed by atoms with Gasteiger partial charge in [-0.25, -0.2) is 0 Å². The number of amides is 2. The van der Waals surface area contributed by atoms with E-state index in [1.165, 1.54) is 0 Å². The molecule has 3 aromatic rings. The van der Waals surface area contributed by atoms with Crippen molar-refractivity contribution in [1.82, 2.24) is 14.8 Å². The molecule has 1 fully saturated rings. The number of aromatic amines is 1. The molecule has 5 nitrogen and oxygen atoms in total. The number of rotatable bonds is 1. The normalized spacial score (nSPS) is 23.1. The molecule has 0 saturated carbocycles. The molecule has 1 aromatic carbocycles. The molecule has 2 aromatic heterocycles. The molecule has 2 aliphatic rings. The Morgan fingerprint density at radius 1 is 1.20 bits per heavy atom. The van der Waals surface area contributed by atoms with Crippen molar-refractivity contribution in [2.45, 2.75) is 18.5 Å². The van der Waals surface area contributed by atoms with Crippen LogP contribution in [0, 0.1) is 0 Å². The SMILES string of the molecule is CN1CC(=O)N2[C@@H](c3ccsc3)c3[nH]c4ccccc4c3C[C@H]2C1=O. The van der Waals surface area contributed by atoms with Gasteiger partial charge in [0.05, 0.1) is 12.6 Å². The third kappa shape index (κ3) is 2.00. The molecule has 1 saturated heterocycles. The maximum absolute atomic E-state index is 12.8. The van der Waals surface area contributed by atoms with Gasteiger partial charge < -0.3 is 14.8 Å². The standard InChI is InChI=1S/C19H17N3O2S/c1-21-9-16(23)22-15(19(21)24)8-13-12-4-2-3-5-14(12)20-17(13)18(22)11-6-7-25-10-11/h2-7,10,15,18,20H,8-9H2,1H3/t15-,18-/m0/s1. The highest BCUT2D eigenvalue weighted by Crippen LogP contribution is 2.42. The van der Waals surface area contributed by atoms with Gasteiger partial charge in [-0.1, -0.05) is 18.2 Å².